The van der Waals surface area contributed by atoms with Crippen LogP contribution in [0.3, 0.4) is 0 Å². The van der Waals surface area contributed by atoms with Gasteiger partial charge in [-0.05, 0) is 37.1 Å². The molecule has 0 saturated heterocycles. The Morgan fingerprint density at radius 1 is 1.08 bits per heavy atom. The van der Waals surface area contributed by atoms with Crippen LogP contribution >= 0.6 is 0 Å². The van der Waals surface area contributed by atoms with E-state index in [9.17, 15) is 27.9 Å². The van der Waals surface area contributed by atoms with Crippen LogP contribution in [0.15, 0.2) is 24.3 Å². The van der Waals surface area contributed by atoms with Gasteiger partial charge in [-0.3, -0.25) is 9.59 Å². The number of alkyl halides is 3. The van der Waals surface area contributed by atoms with Gasteiger partial charge in [0, 0.05) is 24.3 Å². The number of aliphatic hydroxyl groups excluding tert-OH is 1. The van der Waals surface area contributed by atoms with Crippen LogP contribution in [0.2, 0.25) is 0 Å². The van der Waals surface area contributed by atoms with Gasteiger partial charge in [-0.1, -0.05) is 12.8 Å². The first-order valence-corrected chi connectivity index (χ1v) is 7.71. The highest BCUT2D eigenvalue weighted by Gasteiger charge is 2.30. The molecule has 0 aliphatic heterocycles. The van der Waals surface area contributed by atoms with Crippen molar-refractivity contribution in [2.45, 2.75) is 37.9 Å². The second kappa shape index (κ2) is 7.65. The molecule has 0 spiro atoms. The zero-order chi connectivity index (χ0) is 17.7. The molecule has 0 radical (unpaired) electrons. The topological polar surface area (TPSA) is 78.4 Å². The predicted octanol–water partition coefficient (Wildman–Crippen LogP) is 2.31. The van der Waals surface area contributed by atoms with Gasteiger partial charge < -0.3 is 15.7 Å². The first-order valence-electron chi connectivity index (χ1n) is 7.71. The van der Waals surface area contributed by atoms with Gasteiger partial charge in [-0.15, -0.1) is 0 Å². The van der Waals surface area contributed by atoms with E-state index < -0.39 is 23.6 Å². The largest absolute Gasteiger partial charge is 0.416 e. The molecule has 1 fully saturated rings. The molecule has 1 aliphatic rings. The molecular formula is C16H19F3N2O3. The highest BCUT2D eigenvalue weighted by atomic mass is 19.4. The Morgan fingerprint density at radius 2 is 1.71 bits per heavy atom. The molecule has 0 aromatic heterocycles. The van der Waals surface area contributed by atoms with E-state index in [-0.39, 0.29) is 24.3 Å². The van der Waals surface area contributed by atoms with Crippen LogP contribution in [0.5, 0.6) is 0 Å². The van der Waals surface area contributed by atoms with Crippen molar-refractivity contribution in [2.24, 2.45) is 5.92 Å². The van der Waals surface area contributed by atoms with Gasteiger partial charge in [-0.25, -0.2) is 0 Å². The zero-order valence-corrected chi connectivity index (χ0v) is 12.9. The maximum atomic E-state index is 12.5. The SMILES string of the molecule is O=C(Nc1ccc(C(F)(F)F)cc1)C(=O)NC1CCCCC1CO. The summed E-state index contributed by atoms with van der Waals surface area (Å²) >= 11 is 0. The number of anilines is 1. The van der Waals surface area contributed by atoms with E-state index >= 15 is 0 Å². The lowest BCUT2D eigenvalue weighted by atomic mass is 9.85. The van der Waals surface area contributed by atoms with Gasteiger partial charge in [0.25, 0.3) is 0 Å². The van der Waals surface area contributed by atoms with Crippen molar-refractivity contribution in [3.63, 3.8) is 0 Å². The number of aliphatic hydroxyl groups is 1. The predicted molar refractivity (Wildman–Crippen MR) is 81.0 cm³/mol. The first-order chi connectivity index (χ1) is 11.3. The Hall–Kier alpha value is -2.09. The molecule has 8 heteroatoms. The van der Waals surface area contributed by atoms with Crippen LogP contribution in [-0.2, 0) is 15.8 Å². The minimum Gasteiger partial charge on any atom is -0.396 e. The number of hydrogen-bond acceptors (Lipinski definition) is 3. The first kappa shape index (κ1) is 18.3. The molecule has 2 rings (SSSR count). The minimum atomic E-state index is -4.46. The van der Waals surface area contributed by atoms with Gasteiger partial charge in [-0.2, -0.15) is 13.2 Å². The van der Waals surface area contributed by atoms with E-state index in [1.54, 1.807) is 0 Å². The lowest BCUT2D eigenvalue weighted by molar-refractivity contribution is -0.137. The summed E-state index contributed by atoms with van der Waals surface area (Å²) in [7, 11) is 0. The quantitative estimate of drug-likeness (QED) is 0.737. The van der Waals surface area contributed by atoms with Crippen molar-refractivity contribution >= 4 is 17.5 Å². The number of amides is 2. The third-order valence-corrected chi connectivity index (χ3v) is 4.14. The molecule has 2 atom stereocenters. The Morgan fingerprint density at radius 3 is 2.29 bits per heavy atom. The van der Waals surface area contributed by atoms with Crippen molar-refractivity contribution in [1.29, 1.82) is 0 Å². The lowest BCUT2D eigenvalue weighted by Crippen LogP contribution is -2.47. The molecule has 24 heavy (non-hydrogen) atoms. The van der Waals surface area contributed by atoms with Gasteiger partial charge in [0.1, 0.15) is 0 Å². The molecule has 132 valence electrons. The Kier molecular flexibility index (Phi) is 5.82. The van der Waals surface area contributed by atoms with Gasteiger partial charge >= 0.3 is 18.0 Å². The number of halogens is 3. The summed E-state index contributed by atoms with van der Waals surface area (Å²) in [6, 6.07) is 3.57. The highest BCUT2D eigenvalue weighted by Crippen LogP contribution is 2.29. The van der Waals surface area contributed by atoms with Crippen molar-refractivity contribution in [1.82, 2.24) is 5.32 Å². The molecule has 2 amide bonds. The van der Waals surface area contributed by atoms with Crippen LogP contribution in [0.1, 0.15) is 31.2 Å². The number of benzene rings is 1. The van der Waals surface area contributed by atoms with Crippen molar-refractivity contribution in [3.8, 4) is 0 Å². The number of carbonyl (C=O) groups is 2. The third-order valence-electron chi connectivity index (χ3n) is 4.14. The van der Waals surface area contributed by atoms with Crippen molar-refractivity contribution in [2.75, 3.05) is 11.9 Å². The normalized spacial score (nSPS) is 21.2. The minimum absolute atomic E-state index is 0.0640. The molecule has 0 bridgehead atoms. The summed E-state index contributed by atoms with van der Waals surface area (Å²) in [6.45, 7) is -0.0640. The average Bonchev–Trinajstić information content (AvgIpc) is 2.55. The summed E-state index contributed by atoms with van der Waals surface area (Å²) in [5, 5.41) is 14.1. The van der Waals surface area contributed by atoms with E-state index in [0.717, 1.165) is 43.5 Å². The number of hydrogen-bond donors (Lipinski definition) is 3. The summed E-state index contributed by atoms with van der Waals surface area (Å²) < 4.78 is 37.4. The monoisotopic (exact) mass is 344 g/mol. The fourth-order valence-electron chi connectivity index (χ4n) is 2.78. The van der Waals surface area contributed by atoms with Crippen LogP contribution in [0.4, 0.5) is 18.9 Å². The van der Waals surface area contributed by atoms with Crippen molar-refractivity contribution < 1.29 is 27.9 Å². The number of carbonyl (C=O) groups excluding carboxylic acids is 2. The molecule has 5 nitrogen and oxygen atoms in total. The third kappa shape index (κ3) is 4.70. The van der Waals surface area contributed by atoms with E-state index in [0.29, 0.717) is 6.42 Å². The maximum absolute atomic E-state index is 12.5. The van der Waals surface area contributed by atoms with Crippen LogP contribution in [-0.4, -0.2) is 29.6 Å². The molecule has 1 aliphatic carbocycles. The zero-order valence-electron chi connectivity index (χ0n) is 12.9. The molecule has 1 saturated carbocycles. The molecule has 3 N–H and O–H groups in total. The number of nitrogens with one attached hydrogen (secondary N) is 2. The van der Waals surface area contributed by atoms with E-state index in [1.165, 1.54) is 0 Å². The molecule has 1 aromatic carbocycles. The fourth-order valence-corrected chi connectivity index (χ4v) is 2.78. The standard InChI is InChI=1S/C16H19F3N2O3/c17-16(18,19)11-5-7-12(8-6-11)20-14(23)15(24)21-13-4-2-1-3-10(13)9-22/h5-8,10,13,22H,1-4,9H2,(H,20,23)(H,21,24). The molecule has 2 unspecified atom stereocenters. The summed E-state index contributed by atoms with van der Waals surface area (Å²) in [6.07, 6.45) is -1.12. The van der Waals surface area contributed by atoms with Gasteiger partial charge in [0.2, 0.25) is 0 Å². The molecule has 0 heterocycles. The summed E-state index contributed by atoms with van der Waals surface area (Å²) in [5.41, 5.74) is -0.733. The second-order valence-electron chi connectivity index (χ2n) is 5.84. The molecule has 1 aromatic rings. The Bertz CT molecular complexity index is 587. The van der Waals surface area contributed by atoms with Crippen LogP contribution < -0.4 is 10.6 Å². The Balaban J connectivity index is 1.92. The highest BCUT2D eigenvalue weighted by molar-refractivity contribution is 6.39. The molecular weight excluding hydrogens is 325 g/mol. The maximum Gasteiger partial charge on any atom is 0.416 e. The number of rotatable bonds is 3. The van der Waals surface area contributed by atoms with Crippen LogP contribution in [0.25, 0.3) is 0 Å². The second-order valence-corrected chi connectivity index (χ2v) is 5.84. The van der Waals surface area contributed by atoms with E-state index in [1.807, 2.05) is 0 Å². The van der Waals surface area contributed by atoms with E-state index in [4.69, 9.17) is 0 Å². The average molecular weight is 344 g/mol. The smallest absolute Gasteiger partial charge is 0.396 e. The fraction of sp³-hybridized carbons (Fsp3) is 0.500. The van der Waals surface area contributed by atoms with Crippen LogP contribution in [0, 0.1) is 5.92 Å². The van der Waals surface area contributed by atoms with Gasteiger partial charge in [0.15, 0.2) is 0 Å². The van der Waals surface area contributed by atoms with Crippen molar-refractivity contribution in [3.05, 3.63) is 29.8 Å². The summed E-state index contributed by atoms with van der Waals surface area (Å²) in [5.74, 6) is -1.89. The summed E-state index contributed by atoms with van der Waals surface area (Å²) in [4.78, 5) is 23.8. The van der Waals surface area contributed by atoms with E-state index in [2.05, 4.69) is 10.6 Å². The lowest BCUT2D eigenvalue weighted by Gasteiger charge is -2.30. The Labute approximate surface area is 137 Å². The van der Waals surface area contributed by atoms with Gasteiger partial charge in [0.05, 0.1) is 5.56 Å².